The normalized spacial score (nSPS) is 10.3. The van der Waals surface area contributed by atoms with Gasteiger partial charge in [0.2, 0.25) is 0 Å². The van der Waals surface area contributed by atoms with E-state index < -0.39 is 0 Å². The second-order valence-electron chi connectivity index (χ2n) is 3.88. The highest BCUT2D eigenvalue weighted by molar-refractivity contribution is 6.30. The first kappa shape index (κ1) is 12.7. The average molecular weight is 264 g/mol. The summed E-state index contributed by atoms with van der Waals surface area (Å²) in [5, 5.41) is 0.668. The summed E-state index contributed by atoms with van der Waals surface area (Å²) in [5.41, 5.74) is 1.40. The quantitative estimate of drug-likeness (QED) is 0.770. The van der Waals surface area contributed by atoms with Gasteiger partial charge in [0.15, 0.2) is 6.29 Å². The molecule has 0 radical (unpaired) electrons. The lowest BCUT2D eigenvalue weighted by Crippen LogP contribution is -2.01. The van der Waals surface area contributed by atoms with Gasteiger partial charge < -0.3 is 9.30 Å². The fourth-order valence-electron chi connectivity index (χ4n) is 1.70. The number of nitrogens with zero attached hydrogens (tertiary/aromatic N) is 1. The molecule has 2 aromatic rings. The van der Waals surface area contributed by atoms with E-state index in [1.54, 1.807) is 22.8 Å². The molecule has 0 spiro atoms. The molecule has 0 aliphatic carbocycles. The van der Waals surface area contributed by atoms with Crippen LogP contribution in [0.5, 0.6) is 5.75 Å². The van der Waals surface area contributed by atoms with Crippen LogP contribution in [0.25, 0.3) is 5.69 Å². The largest absolute Gasteiger partial charge is 0.491 e. The zero-order valence-electron chi connectivity index (χ0n) is 10.1. The second-order valence-corrected chi connectivity index (χ2v) is 4.31. The molecule has 0 unspecified atom stereocenters. The average Bonchev–Trinajstić information content (AvgIpc) is 2.80. The van der Waals surface area contributed by atoms with Crippen LogP contribution in [0, 0.1) is 0 Å². The van der Waals surface area contributed by atoms with Crippen molar-refractivity contribution >= 4 is 17.9 Å². The topological polar surface area (TPSA) is 31.2 Å². The summed E-state index contributed by atoms with van der Waals surface area (Å²) in [7, 11) is 0. The molecule has 3 nitrogen and oxygen atoms in total. The Kier molecular flexibility index (Phi) is 4.05. The summed E-state index contributed by atoms with van der Waals surface area (Å²) < 4.78 is 7.31. The third-order valence-corrected chi connectivity index (χ3v) is 2.82. The lowest BCUT2D eigenvalue weighted by molar-refractivity contribution is 0.111. The first-order chi connectivity index (χ1) is 8.76. The van der Waals surface area contributed by atoms with Gasteiger partial charge >= 0.3 is 0 Å². The van der Waals surface area contributed by atoms with Crippen LogP contribution < -0.4 is 4.74 Å². The predicted octanol–water partition coefficient (Wildman–Crippen LogP) is 3.73. The molecule has 0 saturated heterocycles. The molecule has 0 fully saturated rings. The summed E-state index contributed by atoms with van der Waals surface area (Å²) in [6.45, 7) is 2.63. The van der Waals surface area contributed by atoms with Crippen molar-refractivity contribution in [3.8, 4) is 11.4 Å². The van der Waals surface area contributed by atoms with Crippen LogP contribution in [0.2, 0.25) is 5.02 Å². The Hall–Kier alpha value is -1.74. The standard InChI is InChI=1S/C14H14ClNO2/c1-2-9-18-14-7-8-16(13(14)10-17)12-5-3-11(15)4-6-12/h3-8,10H,2,9H2,1H3. The van der Waals surface area contributed by atoms with Crippen LogP contribution in [-0.4, -0.2) is 17.5 Å². The van der Waals surface area contributed by atoms with Crippen molar-refractivity contribution in [2.45, 2.75) is 13.3 Å². The third-order valence-electron chi connectivity index (χ3n) is 2.57. The molecule has 0 saturated carbocycles. The molecule has 18 heavy (non-hydrogen) atoms. The fraction of sp³-hybridized carbons (Fsp3) is 0.214. The van der Waals surface area contributed by atoms with Crippen molar-refractivity contribution in [1.82, 2.24) is 4.57 Å². The van der Waals surface area contributed by atoms with E-state index in [0.29, 0.717) is 23.1 Å². The van der Waals surface area contributed by atoms with Gasteiger partial charge in [0.25, 0.3) is 0 Å². The maximum absolute atomic E-state index is 11.2. The van der Waals surface area contributed by atoms with Crippen LogP contribution in [0.1, 0.15) is 23.8 Å². The first-order valence-corrected chi connectivity index (χ1v) is 6.19. The van der Waals surface area contributed by atoms with Gasteiger partial charge in [-0.05, 0) is 36.8 Å². The zero-order valence-corrected chi connectivity index (χ0v) is 10.9. The minimum Gasteiger partial charge on any atom is -0.491 e. The van der Waals surface area contributed by atoms with Gasteiger partial charge in [0, 0.05) is 16.9 Å². The highest BCUT2D eigenvalue weighted by Gasteiger charge is 2.10. The van der Waals surface area contributed by atoms with E-state index >= 15 is 0 Å². The first-order valence-electron chi connectivity index (χ1n) is 5.81. The fourth-order valence-corrected chi connectivity index (χ4v) is 1.83. The molecule has 0 aliphatic heterocycles. The van der Waals surface area contributed by atoms with Crippen molar-refractivity contribution < 1.29 is 9.53 Å². The van der Waals surface area contributed by atoms with Crippen molar-refractivity contribution in [3.63, 3.8) is 0 Å². The van der Waals surface area contributed by atoms with Crippen molar-refractivity contribution in [2.75, 3.05) is 6.61 Å². The van der Waals surface area contributed by atoms with E-state index in [0.717, 1.165) is 18.4 Å². The minimum atomic E-state index is 0.519. The molecule has 1 heterocycles. The van der Waals surface area contributed by atoms with Gasteiger partial charge in [-0.25, -0.2) is 0 Å². The highest BCUT2D eigenvalue weighted by Crippen LogP contribution is 2.23. The summed E-state index contributed by atoms with van der Waals surface area (Å²) >= 11 is 5.84. The molecule has 0 aliphatic rings. The SMILES string of the molecule is CCCOc1ccn(-c2ccc(Cl)cc2)c1C=O. The maximum atomic E-state index is 11.2. The van der Waals surface area contributed by atoms with E-state index in [-0.39, 0.29) is 0 Å². The molecule has 4 heteroatoms. The summed E-state index contributed by atoms with van der Waals surface area (Å²) in [5.74, 6) is 0.613. The van der Waals surface area contributed by atoms with Gasteiger partial charge in [-0.2, -0.15) is 0 Å². The number of rotatable bonds is 5. The van der Waals surface area contributed by atoms with Crippen molar-refractivity contribution in [2.24, 2.45) is 0 Å². The number of aldehydes is 1. The van der Waals surface area contributed by atoms with Gasteiger partial charge in [-0.1, -0.05) is 18.5 Å². The summed E-state index contributed by atoms with van der Waals surface area (Å²) in [4.78, 5) is 11.2. The third kappa shape index (κ3) is 2.57. The van der Waals surface area contributed by atoms with Crippen molar-refractivity contribution in [1.29, 1.82) is 0 Å². The molecule has 2 rings (SSSR count). The Morgan fingerprint density at radius 2 is 2.00 bits per heavy atom. The van der Waals surface area contributed by atoms with Gasteiger partial charge in [0.1, 0.15) is 11.4 Å². The Bertz CT molecular complexity index is 531. The number of ether oxygens (including phenoxy) is 1. The van der Waals surface area contributed by atoms with Gasteiger partial charge in [0.05, 0.1) is 6.61 Å². The van der Waals surface area contributed by atoms with E-state index in [1.807, 2.05) is 25.3 Å². The molecular weight excluding hydrogens is 250 g/mol. The maximum Gasteiger partial charge on any atom is 0.170 e. The predicted molar refractivity (Wildman–Crippen MR) is 72.0 cm³/mol. The smallest absolute Gasteiger partial charge is 0.170 e. The zero-order chi connectivity index (χ0) is 13.0. The number of benzene rings is 1. The van der Waals surface area contributed by atoms with Crippen LogP contribution in [0.3, 0.4) is 0 Å². The van der Waals surface area contributed by atoms with Gasteiger partial charge in [-0.15, -0.1) is 0 Å². The number of hydrogen-bond donors (Lipinski definition) is 0. The molecule has 0 N–H and O–H groups in total. The summed E-state index contributed by atoms with van der Waals surface area (Å²) in [6, 6.07) is 9.10. The lowest BCUT2D eigenvalue weighted by atomic mass is 10.3. The van der Waals surface area contributed by atoms with Crippen LogP contribution in [-0.2, 0) is 0 Å². The number of carbonyl (C=O) groups excluding carboxylic acids is 1. The lowest BCUT2D eigenvalue weighted by Gasteiger charge is -2.07. The van der Waals surface area contributed by atoms with Gasteiger partial charge in [-0.3, -0.25) is 4.79 Å². The Labute approximate surface area is 111 Å². The Balaban J connectivity index is 2.36. The Morgan fingerprint density at radius 1 is 1.28 bits per heavy atom. The molecule has 0 amide bonds. The van der Waals surface area contributed by atoms with E-state index in [4.69, 9.17) is 16.3 Å². The summed E-state index contributed by atoms with van der Waals surface area (Å²) in [6.07, 6.45) is 3.53. The second kappa shape index (κ2) is 5.74. The minimum absolute atomic E-state index is 0.519. The molecule has 0 bridgehead atoms. The number of hydrogen-bond acceptors (Lipinski definition) is 2. The van der Waals surface area contributed by atoms with Crippen LogP contribution in [0.15, 0.2) is 36.5 Å². The van der Waals surface area contributed by atoms with E-state index in [9.17, 15) is 4.79 Å². The number of halogens is 1. The molecule has 1 aromatic heterocycles. The number of aromatic nitrogens is 1. The molecular formula is C14H14ClNO2. The van der Waals surface area contributed by atoms with E-state index in [1.165, 1.54) is 0 Å². The molecule has 0 atom stereocenters. The van der Waals surface area contributed by atoms with Crippen LogP contribution >= 0.6 is 11.6 Å². The molecule has 94 valence electrons. The monoisotopic (exact) mass is 263 g/mol. The van der Waals surface area contributed by atoms with E-state index in [2.05, 4.69) is 0 Å². The van der Waals surface area contributed by atoms with Crippen molar-refractivity contribution in [3.05, 3.63) is 47.2 Å². The molecule has 1 aromatic carbocycles. The highest BCUT2D eigenvalue weighted by atomic mass is 35.5. The van der Waals surface area contributed by atoms with Crippen LogP contribution in [0.4, 0.5) is 0 Å². The Morgan fingerprint density at radius 3 is 2.61 bits per heavy atom. The number of carbonyl (C=O) groups is 1.